The number of hydrogen-bond acceptors (Lipinski definition) is 4. The third-order valence-electron chi connectivity index (χ3n) is 3.20. The van der Waals surface area contributed by atoms with Crippen molar-refractivity contribution in [3.05, 3.63) is 11.2 Å². The molecule has 16 heavy (non-hydrogen) atoms. The van der Waals surface area contributed by atoms with Gasteiger partial charge in [0.2, 0.25) is 5.95 Å². The summed E-state index contributed by atoms with van der Waals surface area (Å²) in [7, 11) is 2.03. The van der Waals surface area contributed by atoms with Crippen LogP contribution in [0.25, 0.3) is 0 Å². The minimum atomic E-state index is 0.280. The van der Waals surface area contributed by atoms with E-state index >= 15 is 0 Å². The zero-order chi connectivity index (χ0) is 11.5. The first-order chi connectivity index (χ1) is 7.68. The third-order valence-corrected chi connectivity index (χ3v) is 3.47. The molecule has 0 aromatic carbocycles. The first-order valence-electron chi connectivity index (χ1n) is 5.69. The SMILES string of the molecule is CN(c1nc(N)ncc1Cl)C1CCCCC1. The van der Waals surface area contributed by atoms with E-state index in [0.717, 1.165) is 5.82 Å². The number of nitrogen functional groups attached to an aromatic ring is 1. The van der Waals surface area contributed by atoms with Crippen LogP contribution in [0.15, 0.2) is 6.20 Å². The molecule has 1 aliphatic carbocycles. The van der Waals surface area contributed by atoms with Crippen LogP contribution < -0.4 is 10.6 Å². The fraction of sp³-hybridized carbons (Fsp3) is 0.636. The molecule has 0 unspecified atom stereocenters. The van der Waals surface area contributed by atoms with Crippen LogP contribution in [-0.4, -0.2) is 23.1 Å². The lowest BCUT2D eigenvalue weighted by atomic mass is 9.94. The maximum absolute atomic E-state index is 6.09. The summed E-state index contributed by atoms with van der Waals surface area (Å²) in [6.45, 7) is 0. The Labute approximate surface area is 101 Å². The van der Waals surface area contributed by atoms with Gasteiger partial charge >= 0.3 is 0 Å². The lowest BCUT2D eigenvalue weighted by Gasteiger charge is -2.32. The molecule has 5 heteroatoms. The number of hydrogen-bond donors (Lipinski definition) is 1. The number of anilines is 2. The van der Waals surface area contributed by atoms with Crippen molar-refractivity contribution < 1.29 is 0 Å². The molecule has 0 amide bonds. The monoisotopic (exact) mass is 240 g/mol. The van der Waals surface area contributed by atoms with Crippen molar-refractivity contribution in [2.75, 3.05) is 17.7 Å². The fourth-order valence-corrected chi connectivity index (χ4v) is 2.48. The van der Waals surface area contributed by atoms with Gasteiger partial charge in [0.15, 0.2) is 5.82 Å². The van der Waals surface area contributed by atoms with Crippen molar-refractivity contribution in [3.63, 3.8) is 0 Å². The Kier molecular flexibility index (Phi) is 3.49. The van der Waals surface area contributed by atoms with Crippen molar-refractivity contribution in [1.82, 2.24) is 9.97 Å². The summed E-state index contributed by atoms with van der Waals surface area (Å²) in [5, 5.41) is 0.572. The number of aromatic nitrogens is 2. The minimum Gasteiger partial charge on any atom is -0.368 e. The van der Waals surface area contributed by atoms with Gasteiger partial charge in [-0.15, -0.1) is 0 Å². The largest absolute Gasteiger partial charge is 0.368 e. The standard InChI is InChI=1S/C11H17ClN4/c1-16(8-5-3-2-4-6-8)10-9(12)7-14-11(13)15-10/h7-8H,2-6H2,1H3,(H2,13,14,15). The minimum absolute atomic E-state index is 0.280. The van der Waals surface area contributed by atoms with Gasteiger partial charge in [-0.05, 0) is 12.8 Å². The second-order valence-corrected chi connectivity index (χ2v) is 4.71. The molecule has 0 radical (unpaired) electrons. The molecule has 0 spiro atoms. The molecule has 1 saturated carbocycles. The maximum Gasteiger partial charge on any atom is 0.222 e. The highest BCUT2D eigenvalue weighted by atomic mass is 35.5. The van der Waals surface area contributed by atoms with Gasteiger partial charge in [-0.2, -0.15) is 4.98 Å². The Morgan fingerprint density at radius 1 is 1.38 bits per heavy atom. The van der Waals surface area contributed by atoms with Gasteiger partial charge in [0, 0.05) is 13.1 Å². The van der Waals surface area contributed by atoms with Crippen molar-refractivity contribution in [2.24, 2.45) is 0 Å². The molecular formula is C11H17ClN4. The average molecular weight is 241 g/mol. The third kappa shape index (κ3) is 2.38. The average Bonchev–Trinajstić information content (AvgIpc) is 2.32. The van der Waals surface area contributed by atoms with Crippen LogP contribution in [-0.2, 0) is 0 Å². The summed E-state index contributed by atoms with van der Waals surface area (Å²) < 4.78 is 0. The van der Waals surface area contributed by atoms with Crippen molar-refractivity contribution in [1.29, 1.82) is 0 Å². The molecule has 1 heterocycles. The van der Waals surface area contributed by atoms with Gasteiger partial charge in [0.1, 0.15) is 5.02 Å². The Hall–Kier alpha value is -1.03. The van der Waals surface area contributed by atoms with Gasteiger partial charge < -0.3 is 10.6 Å². The van der Waals surface area contributed by atoms with Crippen LogP contribution in [0.1, 0.15) is 32.1 Å². The van der Waals surface area contributed by atoms with E-state index < -0.39 is 0 Å². The topological polar surface area (TPSA) is 55.0 Å². The predicted molar refractivity (Wildman–Crippen MR) is 66.7 cm³/mol. The van der Waals surface area contributed by atoms with Crippen molar-refractivity contribution in [3.8, 4) is 0 Å². The van der Waals surface area contributed by atoms with Crippen LogP contribution in [0.3, 0.4) is 0 Å². The highest BCUT2D eigenvalue weighted by molar-refractivity contribution is 6.32. The van der Waals surface area contributed by atoms with Crippen molar-refractivity contribution in [2.45, 2.75) is 38.1 Å². The molecule has 1 aromatic heterocycles. The highest BCUT2D eigenvalue weighted by Crippen LogP contribution is 2.29. The van der Waals surface area contributed by atoms with Crippen LogP contribution in [0, 0.1) is 0 Å². The van der Waals surface area contributed by atoms with Gasteiger partial charge in [-0.1, -0.05) is 30.9 Å². The summed E-state index contributed by atoms with van der Waals surface area (Å²) in [5.74, 6) is 1.03. The fourth-order valence-electron chi connectivity index (χ4n) is 2.26. The van der Waals surface area contributed by atoms with E-state index in [1.807, 2.05) is 7.05 Å². The van der Waals surface area contributed by atoms with Crippen molar-refractivity contribution >= 4 is 23.4 Å². The summed E-state index contributed by atoms with van der Waals surface area (Å²) in [4.78, 5) is 10.2. The summed E-state index contributed by atoms with van der Waals surface area (Å²) >= 11 is 6.09. The molecule has 0 atom stereocenters. The van der Waals surface area contributed by atoms with E-state index in [1.54, 1.807) is 6.20 Å². The quantitative estimate of drug-likeness (QED) is 0.863. The van der Waals surface area contributed by atoms with E-state index in [1.165, 1.54) is 32.1 Å². The molecule has 88 valence electrons. The Morgan fingerprint density at radius 2 is 2.06 bits per heavy atom. The summed E-state index contributed by atoms with van der Waals surface area (Å²) in [5.41, 5.74) is 5.59. The molecule has 0 saturated heterocycles. The summed E-state index contributed by atoms with van der Waals surface area (Å²) in [6, 6.07) is 0.528. The Balaban J connectivity index is 2.18. The number of nitrogens with zero attached hydrogens (tertiary/aromatic N) is 3. The first kappa shape index (κ1) is 11.5. The second kappa shape index (κ2) is 4.87. The van der Waals surface area contributed by atoms with E-state index in [0.29, 0.717) is 11.1 Å². The van der Waals surface area contributed by atoms with E-state index in [-0.39, 0.29) is 5.95 Å². The molecule has 1 aromatic rings. The summed E-state index contributed by atoms with van der Waals surface area (Å²) in [6.07, 6.45) is 7.89. The molecule has 4 nitrogen and oxygen atoms in total. The number of nitrogens with two attached hydrogens (primary N) is 1. The molecular weight excluding hydrogens is 224 g/mol. The number of halogens is 1. The van der Waals surface area contributed by atoms with E-state index in [9.17, 15) is 0 Å². The highest BCUT2D eigenvalue weighted by Gasteiger charge is 2.21. The molecule has 2 rings (SSSR count). The molecule has 0 bridgehead atoms. The first-order valence-corrected chi connectivity index (χ1v) is 6.07. The second-order valence-electron chi connectivity index (χ2n) is 4.30. The molecule has 1 fully saturated rings. The van der Waals surface area contributed by atoms with Gasteiger partial charge in [0.25, 0.3) is 0 Å². The zero-order valence-electron chi connectivity index (χ0n) is 9.49. The van der Waals surface area contributed by atoms with Crippen LogP contribution in [0.5, 0.6) is 0 Å². The lowest BCUT2D eigenvalue weighted by Crippen LogP contribution is -2.34. The van der Waals surface area contributed by atoms with Gasteiger partial charge in [-0.3, -0.25) is 0 Å². The smallest absolute Gasteiger partial charge is 0.222 e. The van der Waals surface area contributed by atoms with Crippen LogP contribution in [0.2, 0.25) is 5.02 Å². The van der Waals surface area contributed by atoms with E-state index in [2.05, 4.69) is 14.9 Å². The lowest BCUT2D eigenvalue weighted by molar-refractivity contribution is 0.426. The Morgan fingerprint density at radius 3 is 2.75 bits per heavy atom. The van der Waals surface area contributed by atoms with Gasteiger partial charge in [-0.25, -0.2) is 4.98 Å². The molecule has 1 aliphatic rings. The van der Waals surface area contributed by atoms with Crippen LogP contribution >= 0.6 is 11.6 Å². The molecule has 0 aliphatic heterocycles. The van der Waals surface area contributed by atoms with Crippen LogP contribution in [0.4, 0.5) is 11.8 Å². The normalized spacial score (nSPS) is 17.4. The zero-order valence-corrected chi connectivity index (χ0v) is 10.2. The molecule has 2 N–H and O–H groups in total. The van der Waals surface area contributed by atoms with Gasteiger partial charge in [0.05, 0.1) is 6.20 Å². The number of rotatable bonds is 2. The predicted octanol–water partition coefficient (Wildman–Crippen LogP) is 2.48. The van der Waals surface area contributed by atoms with E-state index in [4.69, 9.17) is 17.3 Å². The Bertz CT molecular complexity index is 363. The maximum atomic E-state index is 6.09.